The van der Waals surface area contributed by atoms with Crippen molar-refractivity contribution >= 4 is 21.6 Å². The fraction of sp³-hybridized carbons (Fsp3) is 0.208. The average Bonchev–Trinajstić information content (AvgIpc) is 2.75. The van der Waals surface area contributed by atoms with Gasteiger partial charge in [0.05, 0.1) is 16.6 Å². The highest BCUT2D eigenvalue weighted by atomic mass is 32.2. The summed E-state index contributed by atoms with van der Waals surface area (Å²) in [4.78, 5) is 12.9. The van der Waals surface area contributed by atoms with Crippen molar-refractivity contribution in [1.82, 2.24) is 5.32 Å². The molecule has 0 radical (unpaired) electrons. The van der Waals surface area contributed by atoms with Crippen LogP contribution in [0.3, 0.4) is 0 Å². The Kier molecular flexibility index (Phi) is 5.59. The molecule has 30 heavy (non-hydrogen) atoms. The molecule has 0 saturated heterocycles. The third-order valence-corrected chi connectivity index (χ3v) is 6.87. The van der Waals surface area contributed by atoms with Crippen molar-refractivity contribution in [3.63, 3.8) is 0 Å². The molecule has 0 aliphatic heterocycles. The molecule has 0 fully saturated rings. The molecule has 0 unspecified atom stereocenters. The zero-order valence-corrected chi connectivity index (χ0v) is 17.6. The second kappa shape index (κ2) is 8.32. The molecule has 1 atom stereocenters. The molecule has 0 aromatic heterocycles. The number of anilines is 1. The molecule has 1 aliphatic rings. The molecule has 3 aromatic carbocycles. The van der Waals surface area contributed by atoms with Gasteiger partial charge in [-0.05, 0) is 73.2 Å². The molecule has 0 heterocycles. The van der Waals surface area contributed by atoms with Gasteiger partial charge in [-0.1, -0.05) is 42.5 Å². The first kappa shape index (κ1) is 20.2. The van der Waals surface area contributed by atoms with Crippen molar-refractivity contribution in [1.29, 1.82) is 0 Å². The number of rotatable bonds is 5. The molecule has 4 rings (SSSR count). The number of carbonyl (C=O) groups excluding carboxylic acids is 1. The lowest BCUT2D eigenvalue weighted by Crippen LogP contribution is -2.31. The number of hydrogen-bond donors (Lipinski definition) is 2. The topological polar surface area (TPSA) is 75.3 Å². The standard InChI is InChI=1S/C24H24N2O3S/c1-17-7-2-5-11-22(17)26-30(28,29)20-15-13-19(14-16-20)24(27)25-23-12-6-9-18-8-3-4-10-21(18)23/h2-5,7-8,10-11,13-16,23,26H,6,9,12H2,1H3,(H,25,27)/t23-/m1/s1. The van der Waals surface area contributed by atoms with Gasteiger partial charge >= 0.3 is 0 Å². The van der Waals surface area contributed by atoms with Crippen molar-refractivity contribution < 1.29 is 13.2 Å². The first-order valence-corrected chi connectivity index (χ1v) is 11.5. The normalized spacial score (nSPS) is 15.8. The lowest BCUT2D eigenvalue weighted by Gasteiger charge is -2.26. The van der Waals surface area contributed by atoms with E-state index in [4.69, 9.17) is 0 Å². The molecular formula is C24H24N2O3S. The summed E-state index contributed by atoms with van der Waals surface area (Å²) in [6.07, 6.45) is 2.96. The van der Waals surface area contributed by atoms with Crippen molar-refractivity contribution in [2.75, 3.05) is 4.72 Å². The van der Waals surface area contributed by atoms with Gasteiger partial charge in [-0.25, -0.2) is 8.42 Å². The molecule has 6 heteroatoms. The van der Waals surface area contributed by atoms with Crippen LogP contribution in [0.4, 0.5) is 5.69 Å². The third kappa shape index (κ3) is 4.24. The van der Waals surface area contributed by atoms with Gasteiger partial charge in [0, 0.05) is 5.56 Å². The maximum absolute atomic E-state index is 12.7. The highest BCUT2D eigenvalue weighted by molar-refractivity contribution is 7.92. The first-order valence-electron chi connectivity index (χ1n) is 10.0. The summed E-state index contributed by atoms with van der Waals surface area (Å²) in [5, 5.41) is 3.09. The van der Waals surface area contributed by atoms with Gasteiger partial charge in [0.15, 0.2) is 0 Å². The van der Waals surface area contributed by atoms with Crippen LogP contribution >= 0.6 is 0 Å². The second-order valence-electron chi connectivity index (χ2n) is 7.56. The van der Waals surface area contributed by atoms with Gasteiger partial charge in [-0.2, -0.15) is 0 Å². The van der Waals surface area contributed by atoms with Crippen LogP contribution in [0.25, 0.3) is 0 Å². The molecule has 2 N–H and O–H groups in total. The molecule has 0 bridgehead atoms. The maximum atomic E-state index is 12.7. The number of fused-ring (bicyclic) bond motifs is 1. The minimum Gasteiger partial charge on any atom is -0.345 e. The Balaban J connectivity index is 1.48. The summed E-state index contributed by atoms with van der Waals surface area (Å²) in [5.74, 6) is -0.201. The van der Waals surface area contributed by atoms with Crippen LogP contribution in [0.5, 0.6) is 0 Å². The molecule has 5 nitrogen and oxygen atoms in total. The highest BCUT2D eigenvalue weighted by Crippen LogP contribution is 2.29. The second-order valence-corrected chi connectivity index (χ2v) is 9.24. The predicted octanol–water partition coefficient (Wildman–Crippen LogP) is 4.60. The number of aryl methyl sites for hydroxylation is 2. The average molecular weight is 421 g/mol. The van der Waals surface area contributed by atoms with Crippen molar-refractivity contribution in [3.8, 4) is 0 Å². The van der Waals surface area contributed by atoms with Crippen LogP contribution in [-0.4, -0.2) is 14.3 Å². The molecule has 0 spiro atoms. The van der Waals surface area contributed by atoms with E-state index in [1.165, 1.54) is 23.3 Å². The number of hydrogen-bond acceptors (Lipinski definition) is 3. The highest BCUT2D eigenvalue weighted by Gasteiger charge is 2.22. The van der Waals surface area contributed by atoms with Gasteiger partial charge in [-0.15, -0.1) is 0 Å². The number of nitrogens with one attached hydrogen (secondary N) is 2. The van der Waals surface area contributed by atoms with E-state index in [0.717, 1.165) is 24.8 Å². The summed E-state index contributed by atoms with van der Waals surface area (Å²) in [7, 11) is -3.73. The molecule has 1 aliphatic carbocycles. The van der Waals surface area contributed by atoms with E-state index in [2.05, 4.69) is 22.2 Å². The van der Waals surface area contributed by atoms with Gasteiger partial charge in [0.2, 0.25) is 0 Å². The summed E-state index contributed by atoms with van der Waals surface area (Å²) in [6.45, 7) is 1.84. The van der Waals surface area contributed by atoms with Crippen molar-refractivity contribution in [2.24, 2.45) is 0 Å². The first-order chi connectivity index (χ1) is 14.4. The number of sulfonamides is 1. The van der Waals surface area contributed by atoms with Crippen LogP contribution in [0.2, 0.25) is 0 Å². The SMILES string of the molecule is Cc1ccccc1NS(=O)(=O)c1ccc(C(=O)N[C@@H]2CCCc3ccccc32)cc1. The van der Waals surface area contributed by atoms with E-state index in [0.29, 0.717) is 11.3 Å². The minimum atomic E-state index is -3.73. The minimum absolute atomic E-state index is 0.0198. The summed E-state index contributed by atoms with van der Waals surface area (Å²) in [5.41, 5.74) is 4.25. The fourth-order valence-corrected chi connectivity index (χ4v) is 4.95. The number of amides is 1. The maximum Gasteiger partial charge on any atom is 0.261 e. The number of benzene rings is 3. The zero-order chi connectivity index (χ0) is 21.1. The summed E-state index contributed by atoms with van der Waals surface area (Å²) >= 11 is 0. The lowest BCUT2D eigenvalue weighted by atomic mass is 9.87. The summed E-state index contributed by atoms with van der Waals surface area (Å²) in [6, 6.07) is 21.4. The third-order valence-electron chi connectivity index (χ3n) is 5.49. The van der Waals surface area contributed by atoms with Crippen LogP contribution in [0.15, 0.2) is 77.7 Å². The van der Waals surface area contributed by atoms with E-state index >= 15 is 0 Å². The van der Waals surface area contributed by atoms with Gasteiger partial charge in [0.1, 0.15) is 0 Å². The van der Waals surface area contributed by atoms with E-state index in [-0.39, 0.29) is 16.8 Å². The Hall–Kier alpha value is -3.12. The monoisotopic (exact) mass is 420 g/mol. The van der Waals surface area contributed by atoms with Gasteiger partial charge in [-0.3, -0.25) is 9.52 Å². The van der Waals surface area contributed by atoms with Crippen LogP contribution in [0.1, 0.15) is 45.9 Å². The quantitative estimate of drug-likeness (QED) is 0.633. The molecule has 154 valence electrons. The van der Waals surface area contributed by atoms with E-state index in [1.54, 1.807) is 24.3 Å². The van der Waals surface area contributed by atoms with Gasteiger partial charge < -0.3 is 5.32 Å². The van der Waals surface area contributed by atoms with E-state index in [1.807, 2.05) is 31.2 Å². The predicted molar refractivity (Wildman–Crippen MR) is 118 cm³/mol. The fourth-order valence-electron chi connectivity index (χ4n) is 3.82. The number of para-hydroxylation sites is 1. The Morgan fingerprint density at radius 1 is 0.933 bits per heavy atom. The number of carbonyl (C=O) groups is 1. The Bertz CT molecular complexity index is 1170. The zero-order valence-electron chi connectivity index (χ0n) is 16.8. The Morgan fingerprint density at radius 3 is 2.40 bits per heavy atom. The Labute approximate surface area is 177 Å². The lowest BCUT2D eigenvalue weighted by molar-refractivity contribution is 0.0932. The smallest absolute Gasteiger partial charge is 0.261 e. The van der Waals surface area contributed by atoms with E-state index < -0.39 is 10.0 Å². The van der Waals surface area contributed by atoms with Gasteiger partial charge in [0.25, 0.3) is 15.9 Å². The van der Waals surface area contributed by atoms with Crippen LogP contribution < -0.4 is 10.0 Å². The Morgan fingerprint density at radius 2 is 1.63 bits per heavy atom. The molecule has 3 aromatic rings. The molecule has 0 saturated carbocycles. The van der Waals surface area contributed by atoms with E-state index in [9.17, 15) is 13.2 Å². The largest absolute Gasteiger partial charge is 0.345 e. The molecule has 1 amide bonds. The van der Waals surface area contributed by atoms with Crippen molar-refractivity contribution in [3.05, 3.63) is 95.1 Å². The van der Waals surface area contributed by atoms with Crippen LogP contribution in [0, 0.1) is 6.92 Å². The van der Waals surface area contributed by atoms with Crippen molar-refractivity contribution in [2.45, 2.75) is 37.1 Å². The molecular weight excluding hydrogens is 396 g/mol. The summed E-state index contributed by atoms with van der Waals surface area (Å²) < 4.78 is 28.0. The van der Waals surface area contributed by atoms with Crippen LogP contribution in [-0.2, 0) is 16.4 Å².